The van der Waals surface area contributed by atoms with Gasteiger partial charge in [-0.25, -0.2) is 4.79 Å². The molecule has 1 aliphatic heterocycles. The van der Waals surface area contributed by atoms with Crippen molar-refractivity contribution in [2.75, 3.05) is 33.3 Å². The maximum Gasteiger partial charge on any atom is 0.410 e. The molecule has 1 fully saturated rings. The normalized spacial score (nSPS) is 14.5. The molecule has 0 aliphatic carbocycles. The average Bonchev–Trinajstić information content (AvgIpc) is 2.81. The second-order valence-electron chi connectivity index (χ2n) is 5.48. The van der Waals surface area contributed by atoms with Crippen molar-refractivity contribution in [2.24, 2.45) is 0 Å². The highest BCUT2D eigenvalue weighted by molar-refractivity contribution is 5.68. The van der Waals surface area contributed by atoms with Gasteiger partial charge in [-0.3, -0.25) is 4.79 Å². The lowest BCUT2D eigenvalue weighted by molar-refractivity contribution is -0.117. The molecule has 0 unspecified atom stereocenters. The minimum atomic E-state index is -0.361. The van der Waals surface area contributed by atoms with Crippen LogP contribution in [0.2, 0.25) is 0 Å². The van der Waals surface area contributed by atoms with Crippen LogP contribution in [0.15, 0.2) is 0 Å². The zero-order chi connectivity index (χ0) is 14.9. The topological polar surface area (TPSA) is 70.1 Å². The fourth-order valence-corrected chi connectivity index (χ4v) is 1.44. The SMILES string of the molecule is CC(C)(C)OC(=O)N1CCCC1.CN(C=O)CCO. The third-order valence-electron chi connectivity index (χ3n) is 2.39. The third kappa shape index (κ3) is 9.30. The van der Waals surface area contributed by atoms with Crippen LogP contribution in [0.3, 0.4) is 0 Å². The number of amides is 2. The van der Waals surface area contributed by atoms with Gasteiger partial charge in [0.25, 0.3) is 0 Å². The molecular weight excluding hydrogens is 248 g/mol. The molecule has 1 rings (SSSR count). The predicted molar refractivity (Wildman–Crippen MR) is 72.8 cm³/mol. The third-order valence-corrected chi connectivity index (χ3v) is 2.39. The Labute approximate surface area is 115 Å². The maximum atomic E-state index is 11.4. The summed E-state index contributed by atoms with van der Waals surface area (Å²) >= 11 is 0. The van der Waals surface area contributed by atoms with Crippen molar-refractivity contribution in [1.82, 2.24) is 9.80 Å². The van der Waals surface area contributed by atoms with Crippen molar-refractivity contribution < 1.29 is 19.4 Å². The van der Waals surface area contributed by atoms with E-state index in [4.69, 9.17) is 9.84 Å². The first-order chi connectivity index (χ1) is 8.80. The van der Waals surface area contributed by atoms with E-state index in [1.807, 2.05) is 20.8 Å². The van der Waals surface area contributed by atoms with E-state index in [1.54, 1.807) is 11.9 Å². The largest absolute Gasteiger partial charge is 0.444 e. The number of carbonyl (C=O) groups is 2. The van der Waals surface area contributed by atoms with E-state index in [0.29, 0.717) is 13.0 Å². The van der Waals surface area contributed by atoms with E-state index < -0.39 is 0 Å². The van der Waals surface area contributed by atoms with Gasteiger partial charge in [-0.15, -0.1) is 0 Å². The summed E-state index contributed by atoms with van der Waals surface area (Å²) in [4.78, 5) is 24.2. The summed E-state index contributed by atoms with van der Waals surface area (Å²) in [6.07, 6.45) is 2.73. The first-order valence-corrected chi connectivity index (χ1v) is 6.54. The molecule has 19 heavy (non-hydrogen) atoms. The van der Waals surface area contributed by atoms with Crippen LogP contribution in [0.1, 0.15) is 33.6 Å². The summed E-state index contributed by atoms with van der Waals surface area (Å²) in [5.41, 5.74) is -0.361. The molecule has 1 aliphatic rings. The van der Waals surface area contributed by atoms with Crippen LogP contribution in [0.25, 0.3) is 0 Å². The number of aliphatic hydroxyl groups excluding tert-OH is 1. The highest BCUT2D eigenvalue weighted by Gasteiger charge is 2.23. The lowest BCUT2D eigenvalue weighted by Gasteiger charge is -2.23. The number of hydrogen-bond acceptors (Lipinski definition) is 4. The van der Waals surface area contributed by atoms with Gasteiger partial charge in [-0.1, -0.05) is 0 Å². The van der Waals surface area contributed by atoms with E-state index in [1.165, 1.54) is 4.90 Å². The predicted octanol–water partition coefficient (Wildman–Crippen LogP) is 1.08. The molecule has 0 aromatic rings. The van der Waals surface area contributed by atoms with Gasteiger partial charge in [0.15, 0.2) is 0 Å². The van der Waals surface area contributed by atoms with Crippen molar-refractivity contribution in [3.8, 4) is 0 Å². The number of likely N-dealkylation sites (tertiary alicyclic amines) is 1. The fraction of sp³-hybridized carbons (Fsp3) is 0.846. The Bertz CT molecular complexity index is 270. The van der Waals surface area contributed by atoms with Gasteiger partial charge in [-0.05, 0) is 33.6 Å². The summed E-state index contributed by atoms with van der Waals surface area (Å²) in [5.74, 6) is 0. The second kappa shape index (κ2) is 8.74. The Balaban J connectivity index is 0.000000399. The molecule has 0 atom stereocenters. The molecule has 1 N–H and O–H groups in total. The van der Waals surface area contributed by atoms with Gasteiger partial charge in [0.05, 0.1) is 6.61 Å². The number of rotatable bonds is 3. The fourth-order valence-electron chi connectivity index (χ4n) is 1.44. The number of ether oxygens (including phenoxy) is 1. The van der Waals surface area contributed by atoms with E-state index in [9.17, 15) is 9.59 Å². The van der Waals surface area contributed by atoms with Crippen molar-refractivity contribution >= 4 is 12.5 Å². The van der Waals surface area contributed by atoms with Crippen LogP contribution in [0.5, 0.6) is 0 Å². The van der Waals surface area contributed by atoms with Crippen molar-refractivity contribution in [2.45, 2.75) is 39.2 Å². The van der Waals surface area contributed by atoms with E-state index in [0.717, 1.165) is 25.9 Å². The van der Waals surface area contributed by atoms with E-state index >= 15 is 0 Å². The quantitative estimate of drug-likeness (QED) is 0.782. The second-order valence-corrected chi connectivity index (χ2v) is 5.48. The van der Waals surface area contributed by atoms with Crippen molar-refractivity contribution in [3.63, 3.8) is 0 Å². The molecule has 0 radical (unpaired) electrons. The van der Waals surface area contributed by atoms with Crippen LogP contribution in [0.4, 0.5) is 4.79 Å². The van der Waals surface area contributed by atoms with Crippen LogP contribution in [-0.4, -0.2) is 66.3 Å². The Morgan fingerprint density at radius 1 is 1.37 bits per heavy atom. The minimum Gasteiger partial charge on any atom is -0.444 e. The molecule has 0 saturated carbocycles. The molecule has 0 spiro atoms. The summed E-state index contributed by atoms with van der Waals surface area (Å²) in [6, 6.07) is 0. The minimum absolute atomic E-state index is 0.0369. The van der Waals surface area contributed by atoms with Crippen LogP contribution in [0, 0.1) is 0 Å². The van der Waals surface area contributed by atoms with E-state index in [2.05, 4.69) is 0 Å². The first kappa shape index (κ1) is 17.7. The molecule has 2 amide bonds. The Kier molecular flexibility index (Phi) is 8.14. The number of likely N-dealkylation sites (N-methyl/N-ethyl adjacent to an activating group) is 1. The number of hydrogen-bond donors (Lipinski definition) is 1. The summed E-state index contributed by atoms with van der Waals surface area (Å²) in [5, 5.41) is 8.17. The molecule has 0 aromatic carbocycles. The number of nitrogens with zero attached hydrogens (tertiary/aromatic N) is 2. The molecule has 1 saturated heterocycles. The monoisotopic (exact) mass is 274 g/mol. The van der Waals surface area contributed by atoms with Crippen molar-refractivity contribution in [1.29, 1.82) is 0 Å². The first-order valence-electron chi connectivity index (χ1n) is 6.54. The number of aliphatic hydroxyl groups is 1. The average molecular weight is 274 g/mol. The molecule has 112 valence electrons. The smallest absolute Gasteiger partial charge is 0.410 e. The van der Waals surface area contributed by atoms with Crippen LogP contribution >= 0.6 is 0 Å². The van der Waals surface area contributed by atoms with E-state index in [-0.39, 0.29) is 18.3 Å². The van der Waals surface area contributed by atoms with Gasteiger partial charge < -0.3 is 19.6 Å². The molecule has 1 heterocycles. The summed E-state index contributed by atoms with van der Waals surface area (Å²) in [6.45, 7) is 7.84. The maximum absolute atomic E-state index is 11.4. The Morgan fingerprint density at radius 3 is 2.21 bits per heavy atom. The molecule has 0 bridgehead atoms. The Morgan fingerprint density at radius 2 is 1.89 bits per heavy atom. The molecular formula is C13H26N2O4. The summed E-state index contributed by atoms with van der Waals surface area (Å²) in [7, 11) is 1.61. The zero-order valence-corrected chi connectivity index (χ0v) is 12.4. The van der Waals surface area contributed by atoms with Crippen molar-refractivity contribution in [3.05, 3.63) is 0 Å². The van der Waals surface area contributed by atoms with Crippen LogP contribution in [-0.2, 0) is 9.53 Å². The standard InChI is InChI=1S/C9H17NO2.C4H9NO2/c1-9(2,3)12-8(11)10-6-4-5-7-10;1-5(4-7)2-3-6/h4-7H2,1-3H3;4,6H,2-3H2,1H3. The lowest BCUT2D eigenvalue weighted by atomic mass is 10.2. The molecule has 6 heteroatoms. The molecule has 0 aromatic heterocycles. The highest BCUT2D eigenvalue weighted by atomic mass is 16.6. The van der Waals surface area contributed by atoms with Crippen LogP contribution < -0.4 is 0 Å². The van der Waals surface area contributed by atoms with Gasteiger partial charge in [0.2, 0.25) is 6.41 Å². The summed E-state index contributed by atoms with van der Waals surface area (Å²) < 4.78 is 5.21. The highest BCUT2D eigenvalue weighted by Crippen LogP contribution is 2.14. The van der Waals surface area contributed by atoms with Gasteiger partial charge in [-0.2, -0.15) is 0 Å². The van der Waals surface area contributed by atoms with Gasteiger partial charge >= 0.3 is 6.09 Å². The number of carbonyl (C=O) groups excluding carboxylic acids is 2. The Hall–Kier alpha value is -1.30. The lowest BCUT2D eigenvalue weighted by Crippen LogP contribution is -2.34. The van der Waals surface area contributed by atoms with Gasteiger partial charge in [0.1, 0.15) is 5.60 Å². The van der Waals surface area contributed by atoms with Gasteiger partial charge in [0, 0.05) is 26.7 Å². The zero-order valence-electron chi connectivity index (χ0n) is 12.4. The molecule has 6 nitrogen and oxygen atoms in total.